The highest BCUT2D eigenvalue weighted by Gasteiger charge is 2.37. The molecule has 6 nitrogen and oxygen atoms in total. The van der Waals surface area contributed by atoms with E-state index in [1.165, 1.54) is 18.3 Å². The maximum absolute atomic E-state index is 12.1. The smallest absolute Gasteiger partial charge is 0.305 e. The summed E-state index contributed by atoms with van der Waals surface area (Å²) in [4.78, 5) is 36.6. The van der Waals surface area contributed by atoms with Crippen molar-refractivity contribution in [1.29, 1.82) is 0 Å². The van der Waals surface area contributed by atoms with Crippen LogP contribution in [0.5, 0.6) is 0 Å². The normalized spacial score (nSPS) is 17.1. The van der Waals surface area contributed by atoms with E-state index in [0.29, 0.717) is 12.8 Å². The molecule has 1 aliphatic rings. The highest BCUT2D eigenvalue weighted by Crippen LogP contribution is 2.32. The standard InChI is InChI=1S/C13H16N2O4/c16-10-7-9(3-6-14-10)12(19)15-13(8-11(17)18)4-1-2-5-13/h3,6-7H,1-2,4-5,8H2,(H,14,16)(H,15,19)(H,17,18). The molecule has 6 heteroatoms. The summed E-state index contributed by atoms with van der Waals surface area (Å²) in [5.41, 5.74) is -0.780. The molecule has 1 heterocycles. The number of hydrogen-bond donors (Lipinski definition) is 3. The second kappa shape index (κ2) is 5.26. The van der Waals surface area contributed by atoms with Crippen LogP contribution in [0.3, 0.4) is 0 Å². The van der Waals surface area contributed by atoms with Gasteiger partial charge in [0.15, 0.2) is 0 Å². The lowest BCUT2D eigenvalue weighted by atomic mass is 9.92. The number of rotatable bonds is 4. The Morgan fingerprint density at radius 3 is 2.63 bits per heavy atom. The summed E-state index contributed by atoms with van der Waals surface area (Å²) in [6, 6.07) is 2.71. The van der Waals surface area contributed by atoms with E-state index < -0.39 is 17.4 Å². The van der Waals surface area contributed by atoms with Crippen molar-refractivity contribution in [3.05, 3.63) is 34.2 Å². The molecule has 1 fully saturated rings. The molecule has 1 saturated carbocycles. The van der Waals surface area contributed by atoms with Gasteiger partial charge in [-0.05, 0) is 18.9 Å². The van der Waals surface area contributed by atoms with Crippen molar-refractivity contribution in [3.8, 4) is 0 Å². The van der Waals surface area contributed by atoms with E-state index >= 15 is 0 Å². The van der Waals surface area contributed by atoms with Gasteiger partial charge >= 0.3 is 5.97 Å². The van der Waals surface area contributed by atoms with Gasteiger partial charge < -0.3 is 15.4 Å². The van der Waals surface area contributed by atoms with Crippen molar-refractivity contribution < 1.29 is 14.7 Å². The third kappa shape index (κ3) is 3.21. The van der Waals surface area contributed by atoms with E-state index in [0.717, 1.165) is 12.8 Å². The minimum atomic E-state index is -0.923. The maximum atomic E-state index is 12.1. The summed E-state index contributed by atoms with van der Waals surface area (Å²) in [5.74, 6) is -1.32. The zero-order valence-electron chi connectivity index (χ0n) is 10.4. The van der Waals surface area contributed by atoms with Crippen LogP contribution in [0, 0.1) is 0 Å². The lowest BCUT2D eigenvalue weighted by Gasteiger charge is -2.28. The fraction of sp³-hybridized carbons (Fsp3) is 0.462. The number of pyridine rings is 1. The van der Waals surface area contributed by atoms with Gasteiger partial charge in [-0.3, -0.25) is 14.4 Å². The predicted molar refractivity (Wildman–Crippen MR) is 68.0 cm³/mol. The summed E-state index contributed by atoms with van der Waals surface area (Å²) in [6.07, 6.45) is 4.45. The van der Waals surface area contributed by atoms with Gasteiger partial charge in [0, 0.05) is 17.8 Å². The monoisotopic (exact) mass is 264 g/mol. The number of carbonyl (C=O) groups is 2. The number of aliphatic carboxylic acids is 1. The average molecular weight is 264 g/mol. The Kier molecular flexibility index (Phi) is 3.69. The van der Waals surface area contributed by atoms with Crippen LogP contribution in [-0.2, 0) is 4.79 Å². The number of hydrogen-bond acceptors (Lipinski definition) is 3. The molecule has 102 valence electrons. The molecule has 0 radical (unpaired) electrons. The minimum Gasteiger partial charge on any atom is -0.481 e. The topological polar surface area (TPSA) is 99.3 Å². The first kappa shape index (κ1) is 13.3. The molecular formula is C13H16N2O4. The third-order valence-corrected chi connectivity index (χ3v) is 3.47. The Balaban J connectivity index is 2.15. The zero-order valence-corrected chi connectivity index (χ0v) is 10.4. The Morgan fingerprint density at radius 1 is 1.37 bits per heavy atom. The molecule has 1 aromatic heterocycles. The Hall–Kier alpha value is -2.11. The van der Waals surface area contributed by atoms with E-state index in [2.05, 4.69) is 10.3 Å². The maximum Gasteiger partial charge on any atom is 0.305 e. The molecule has 2 rings (SSSR count). The van der Waals surface area contributed by atoms with Gasteiger partial charge in [-0.1, -0.05) is 12.8 Å². The van der Waals surface area contributed by atoms with Crippen LogP contribution in [0.4, 0.5) is 0 Å². The number of carboxylic acid groups (broad SMARTS) is 1. The van der Waals surface area contributed by atoms with Crippen LogP contribution in [0.1, 0.15) is 42.5 Å². The molecule has 1 aromatic rings. The third-order valence-electron chi connectivity index (χ3n) is 3.47. The molecular weight excluding hydrogens is 248 g/mol. The summed E-state index contributed by atoms with van der Waals surface area (Å²) in [5, 5.41) is 11.8. The number of nitrogens with one attached hydrogen (secondary N) is 2. The summed E-state index contributed by atoms with van der Waals surface area (Å²) >= 11 is 0. The first-order valence-electron chi connectivity index (χ1n) is 6.24. The quantitative estimate of drug-likeness (QED) is 0.752. The number of aromatic nitrogens is 1. The minimum absolute atomic E-state index is 0.0814. The molecule has 0 aliphatic heterocycles. The van der Waals surface area contributed by atoms with E-state index in [1.807, 2.05) is 0 Å². The van der Waals surface area contributed by atoms with E-state index in [4.69, 9.17) is 5.11 Å². The number of aromatic amines is 1. The van der Waals surface area contributed by atoms with Crippen LogP contribution < -0.4 is 10.9 Å². The number of carboxylic acids is 1. The van der Waals surface area contributed by atoms with Gasteiger partial charge in [0.05, 0.1) is 12.0 Å². The van der Waals surface area contributed by atoms with Crippen LogP contribution >= 0.6 is 0 Å². The van der Waals surface area contributed by atoms with E-state index in [-0.39, 0.29) is 17.5 Å². The van der Waals surface area contributed by atoms with Crippen LogP contribution in [0.25, 0.3) is 0 Å². The van der Waals surface area contributed by atoms with Gasteiger partial charge in [-0.2, -0.15) is 0 Å². The highest BCUT2D eigenvalue weighted by molar-refractivity contribution is 5.94. The lowest BCUT2D eigenvalue weighted by molar-refractivity contribution is -0.138. The van der Waals surface area contributed by atoms with Gasteiger partial charge in [0.25, 0.3) is 5.91 Å². The zero-order chi connectivity index (χ0) is 13.9. The molecule has 1 aliphatic carbocycles. The number of carbonyl (C=O) groups excluding carboxylic acids is 1. The van der Waals surface area contributed by atoms with Gasteiger partial charge in [0.2, 0.25) is 5.56 Å². The molecule has 0 saturated heterocycles. The Morgan fingerprint density at radius 2 is 2.05 bits per heavy atom. The molecule has 0 aromatic carbocycles. The molecule has 3 N–H and O–H groups in total. The number of amides is 1. The number of H-pyrrole nitrogens is 1. The predicted octanol–water partition coefficient (Wildman–Crippen LogP) is 0.892. The SMILES string of the molecule is O=C(O)CC1(NC(=O)c2cc[nH]c(=O)c2)CCCC1. The van der Waals surface area contributed by atoms with E-state index in [9.17, 15) is 14.4 Å². The summed E-state index contributed by atoms with van der Waals surface area (Å²) in [7, 11) is 0. The fourth-order valence-electron chi connectivity index (χ4n) is 2.59. The Labute approximate surface area is 109 Å². The Bertz CT molecular complexity index is 544. The second-order valence-corrected chi connectivity index (χ2v) is 4.95. The second-order valence-electron chi connectivity index (χ2n) is 4.95. The van der Waals surface area contributed by atoms with Gasteiger partial charge in [-0.25, -0.2) is 0 Å². The van der Waals surface area contributed by atoms with Crippen molar-refractivity contribution in [1.82, 2.24) is 10.3 Å². The van der Waals surface area contributed by atoms with Crippen molar-refractivity contribution in [2.45, 2.75) is 37.6 Å². The molecule has 0 spiro atoms. The van der Waals surface area contributed by atoms with Gasteiger partial charge in [0.1, 0.15) is 0 Å². The molecule has 0 unspecified atom stereocenters. The average Bonchev–Trinajstić information content (AvgIpc) is 2.76. The first-order chi connectivity index (χ1) is 9.01. The highest BCUT2D eigenvalue weighted by atomic mass is 16.4. The lowest BCUT2D eigenvalue weighted by Crippen LogP contribution is -2.48. The molecule has 1 amide bonds. The molecule has 0 atom stereocenters. The molecule has 19 heavy (non-hydrogen) atoms. The first-order valence-corrected chi connectivity index (χ1v) is 6.24. The summed E-state index contributed by atoms with van der Waals surface area (Å²) in [6.45, 7) is 0. The van der Waals surface area contributed by atoms with Gasteiger partial charge in [-0.15, -0.1) is 0 Å². The van der Waals surface area contributed by atoms with Crippen LogP contribution in [-0.4, -0.2) is 27.5 Å². The van der Waals surface area contributed by atoms with Crippen molar-refractivity contribution in [3.63, 3.8) is 0 Å². The van der Waals surface area contributed by atoms with Crippen LogP contribution in [0.15, 0.2) is 23.1 Å². The van der Waals surface area contributed by atoms with Crippen molar-refractivity contribution >= 4 is 11.9 Å². The van der Waals surface area contributed by atoms with Crippen LogP contribution in [0.2, 0.25) is 0 Å². The fourth-order valence-corrected chi connectivity index (χ4v) is 2.59. The largest absolute Gasteiger partial charge is 0.481 e. The van der Waals surface area contributed by atoms with Crippen molar-refractivity contribution in [2.24, 2.45) is 0 Å². The summed E-state index contributed by atoms with van der Waals surface area (Å²) < 4.78 is 0. The molecule has 0 bridgehead atoms. The van der Waals surface area contributed by atoms with E-state index in [1.54, 1.807) is 0 Å². The van der Waals surface area contributed by atoms with Crippen molar-refractivity contribution in [2.75, 3.05) is 0 Å².